The van der Waals surface area contributed by atoms with Crippen LogP contribution in [-0.4, -0.2) is 10.8 Å². The van der Waals surface area contributed by atoms with E-state index < -0.39 is 10.1 Å². The molecule has 0 aromatic heterocycles. The van der Waals surface area contributed by atoms with Gasteiger partial charge in [0.2, 0.25) is 10.1 Å². The zero-order valence-corrected chi connectivity index (χ0v) is 7.81. The van der Waals surface area contributed by atoms with Crippen molar-refractivity contribution in [2.45, 2.75) is 11.3 Å². The van der Waals surface area contributed by atoms with Crippen LogP contribution in [0.15, 0.2) is 29.2 Å². The first-order valence-corrected chi connectivity index (χ1v) is 5.27. The number of nitrogens with two attached hydrogens (primary N) is 1. The fraction of sp³-hybridized carbons (Fsp3) is 0.250. The van der Waals surface area contributed by atoms with E-state index >= 15 is 0 Å². The summed E-state index contributed by atoms with van der Waals surface area (Å²) in [5, 5.41) is 0. The zero-order valence-electron chi connectivity index (χ0n) is 7.00. The molecule has 5 heteroatoms. The molecule has 0 saturated heterocycles. The van der Waals surface area contributed by atoms with Crippen LogP contribution in [-0.2, 0) is 16.5 Å². The lowest BCUT2D eigenvalue weighted by Gasteiger charge is -2.00. The highest BCUT2D eigenvalue weighted by atomic mass is 32.3. The highest BCUT2D eigenvalue weighted by Crippen LogP contribution is 2.13. The molecule has 0 amide bonds. The predicted octanol–water partition coefficient (Wildman–Crippen LogP) is 1.48. The van der Waals surface area contributed by atoms with Crippen LogP contribution >= 0.6 is 0 Å². The Morgan fingerprint density at radius 2 is 1.92 bits per heavy atom. The largest absolute Gasteiger partial charge is 0.330 e. The van der Waals surface area contributed by atoms with Crippen molar-refractivity contribution in [2.75, 3.05) is 6.54 Å². The maximum absolute atomic E-state index is 12.6. The molecule has 3 nitrogen and oxygen atoms in total. The number of rotatable bonds is 3. The molecule has 0 aliphatic rings. The van der Waals surface area contributed by atoms with Crippen LogP contribution in [0.4, 0.5) is 3.89 Å². The Morgan fingerprint density at radius 1 is 1.38 bits per heavy atom. The molecule has 0 aliphatic carbocycles. The van der Waals surface area contributed by atoms with Crippen molar-refractivity contribution >= 4 is 10.1 Å². The second-order valence-electron chi connectivity index (χ2n) is 2.67. The molecule has 72 valence electrons. The lowest BCUT2D eigenvalue weighted by atomic mass is 10.2. The van der Waals surface area contributed by atoms with Gasteiger partial charge in [-0.05, 0) is 30.7 Å². The van der Waals surface area contributed by atoms with E-state index in [1.807, 2.05) is 0 Å². The SMILES string of the molecule is N=S(=O)(F)c1ccc(CCN)cc1. The standard InChI is InChI=1S/C8H11FN2OS/c9-13(11,12)8-3-1-7(2-4-8)5-6-10/h1-4,11H,5-6,10H2. The monoisotopic (exact) mass is 202 g/mol. The molecule has 1 rings (SSSR count). The van der Waals surface area contributed by atoms with Gasteiger partial charge in [0.05, 0.1) is 4.90 Å². The van der Waals surface area contributed by atoms with E-state index in [0.717, 1.165) is 5.56 Å². The quantitative estimate of drug-likeness (QED) is 0.729. The molecule has 0 heterocycles. The second kappa shape index (κ2) is 3.85. The van der Waals surface area contributed by atoms with Gasteiger partial charge in [-0.15, -0.1) is 3.89 Å². The van der Waals surface area contributed by atoms with Crippen molar-refractivity contribution in [3.8, 4) is 0 Å². The summed E-state index contributed by atoms with van der Waals surface area (Å²) in [4.78, 5) is -0.0896. The van der Waals surface area contributed by atoms with E-state index in [9.17, 15) is 8.09 Å². The number of nitrogens with one attached hydrogen (secondary N) is 1. The smallest absolute Gasteiger partial charge is 0.228 e. The molecule has 1 unspecified atom stereocenters. The van der Waals surface area contributed by atoms with Gasteiger partial charge in [-0.25, -0.2) is 8.99 Å². The zero-order chi connectivity index (χ0) is 9.90. The molecular weight excluding hydrogens is 191 g/mol. The van der Waals surface area contributed by atoms with Crippen LogP contribution in [0.2, 0.25) is 0 Å². The van der Waals surface area contributed by atoms with Gasteiger partial charge in [-0.3, -0.25) is 0 Å². The Bertz CT molecular complexity index is 372. The van der Waals surface area contributed by atoms with E-state index in [0.29, 0.717) is 13.0 Å². The number of benzene rings is 1. The van der Waals surface area contributed by atoms with Gasteiger partial charge in [-0.1, -0.05) is 12.1 Å². The number of hydrogen-bond donors (Lipinski definition) is 2. The van der Waals surface area contributed by atoms with E-state index in [-0.39, 0.29) is 4.90 Å². The van der Waals surface area contributed by atoms with Crippen molar-refractivity contribution in [1.29, 1.82) is 4.78 Å². The lowest BCUT2D eigenvalue weighted by molar-refractivity contribution is 0.636. The first-order valence-electron chi connectivity index (χ1n) is 3.81. The summed E-state index contributed by atoms with van der Waals surface area (Å²) in [6, 6.07) is 5.99. The van der Waals surface area contributed by atoms with Crippen LogP contribution < -0.4 is 5.73 Å². The molecule has 0 spiro atoms. The van der Waals surface area contributed by atoms with Crippen molar-refractivity contribution in [2.24, 2.45) is 5.73 Å². The van der Waals surface area contributed by atoms with E-state index in [4.69, 9.17) is 10.5 Å². The first-order chi connectivity index (χ1) is 6.04. The summed E-state index contributed by atoms with van der Waals surface area (Å²) in [6.45, 7) is 0.519. The van der Waals surface area contributed by atoms with Gasteiger partial charge in [0.25, 0.3) is 0 Å². The number of halogens is 1. The maximum Gasteiger partial charge on any atom is 0.228 e. The van der Waals surface area contributed by atoms with Gasteiger partial charge in [0.1, 0.15) is 0 Å². The van der Waals surface area contributed by atoms with Gasteiger partial charge in [0, 0.05) is 0 Å². The summed E-state index contributed by atoms with van der Waals surface area (Å²) in [5.41, 5.74) is 6.27. The highest BCUT2D eigenvalue weighted by Gasteiger charge is 2.05. The van der Waals surface area contributed by atoms with Crippen LogP contribution in [0.1, 0.15) is 5.56 Å². The fourth-order valence-corrected chi connectivity index (χ4v) is 1.48. The summed E-state index contributed by atoms with van der Waals surface area (Å²) in [7, 11) is -4.07. The van der Waals surface area contributed by atoms with E-state index in [1.165, 1.54) is 12.1 Å². The van der Waals surface area contributed by atoms with Crippen molar-refractivity contribution in [3.05, 3.63) is 29.8 Å². The van der Waals surface area contributed by atoms with Gasteiger partial charge < -0.3 is 5.73 Å². The number of hydrogen-bond acceptors (Lipinski definition) is 3. The topological polar surface area (TPSA) is 66.9 Å². The molecule has 1 aromatic carbocycles. The fourth-order valence-electron chi connectivity index (χ4n) is 0.998. The summed E-state index contributed by atoms with van der Waals surface area (Å²) in [5.74, 6) is 0. The molecule has 0 aliphatic heterocycles. The van der Waals surface area contributed by atoms with Crippen molar-refractivity contribution in [3.63, 3.8) is 0 Å². The Labute approximate surface area is 77.0 Å². The second-order valence-corrected chi connectivity index (χ2v) is 4.11. The molecule has 1 aromatic rings. The Morgan fingerprint density at radius 3 is 2.31 bits per heavy atom. The minimum absolute atomic E-state index is 0.0896. The maximum atomic E-state index is 12.6. The lowest BCUT2D eigenvalue weighted by Crippen LogP contribution is -2.02. The van der Waals surface area contributed by atoms with Gasteiger partial charge >= 0.3 is 0 Å². The van der Waals surface area contributed by atoms with E-state index in [2.05, 4.69) is 0 Å². The van der Waals surface area contributed by atoms with Crippen LogP contribution in [0.25, 0.3) is 0 Å². The van der Waals surface area contributed by atoms with Crippen LogP contribution in [0.3, 0.4) is 0 Å². The minimum Gasteiger partial charge on any atom is -0.330 e. The average Bonchev–Trinajstić information content (AvgIpc) is 2.04. The molecule has 3 N–H and O–H groups in total. The summed E-state index contributed by atoms with van der Waals surface area (Å²) in [6.07, 6.45) is 0.700. The molecule has 0 radical (unpaired) electrons. The van der Waals surface area contributed by atoms with Gasteiger partial charge in [-0.2, -0.15) is 0 Å². The van der Waals surface area contributed by atoms with Crippen LogP contribution in [0, 0.1) is 4.78 Å². The Hall–Kier alpha value is -0.940. The molecule has 0 fully saturated rings. The third kappa shape index (κ3) is 2.78. The van der Waals surface area contributed by atoms with Gasteiger partial charge in [0.15, 0.2) is 0 Å². The van der Waals surface area contributed by atoms with E-state index in [1.54, 1.807) is 12.1 Å². The Kier molecular flexibility index (Phi) is 3.00. The van der Waals surface area contributed by atoms with Crippen LogP contribution in [0.5, 0.6) is 0 Å². The molecule has 0 bridgehead atoms. The van der Waals surface area contributed by atoms with Crippen molar-refractivity contribution in [1.82, 2.24) is 0 Å². The molecule has 0 saturated carbocycles. The average molecular weight is 202 g/mol. The Balaban J connectivity index is 2.94. The highest BCUT2D eigenvalue weighted by molar-refractivity contribution is 7.87. The predicted molar refractivity (Wildman–Crippen MR) is 49.4 cm³/mol. The minimum atomic E-state index is -4.07. The normalized spacial score (nSPS) is 15.2. The summed E-state index contributed by atoms with van der Waals surface area (Å²) >= 11 is 0. The van der Waals surface area contributed by atoms with Crippen molar-refractivity contribution < 1.29 is 8.09 Å². The third-order valence-corrected chi connectivity index (χ3v) is 2.54. The molecule has 13 heavy (non-hydrogen) atoms. The molecule has 1 atom stereocenters. The first kappa shape index (κ1) is 10.1. The summed E-state index contributed by atoms with van der Waals surface area (Å²) < 4.78 is 29.9. The third-order valence-electron chi connectivity index (χ3n) is 1.66. The molecular formula is C8H11FN2OS.